The first-order valence-corrected chi connectivity index (χ1v) is 7.56. The molecule has 1 fully saturated rings. The van der Waals surface area contributed by atoms with Gasteiger partial charge in [0.2, 0.25) is 5.91 Å². The number of hydrogen-bond acceptors (Lipinski definition) is 1. The summed E-state index contributed by atoms with van der Waals surface area (Å²) in [5.41, 5.74) is 2.85. The molecule has 1 aliphatic carbocycles. The molecule has 2 atom stereocenters. The number of hydrogen-bond donors (Lipinski definition) is 1. The Bertz CT molecular complexity index is 670. The quantitative estimate of drug-likeness (QED) is 0.828. The van der Waals surface area contributed by atoms with E-state index in [9.17, 15) is 4.79 Å². The van der Waals surface area contributed by atoms with E-state index in [1.54, 1.807) is 0 Å². The molecule has 1 amide bonds. The molecule has 21 heavy (non-hydrogen) atoms. The lowest BCUT2D eigenvalue weighted by Crippen LogP contribution is -2.17. The van der Waals surface area contributed by atoms with E-state index in [1.807, 2.05) is 61.5 Å². The van der Waals surface area contributed by atoms with E-state index in [1.165, 1.54) is 0 Å². The molecular weight excluding hydrogens is 305 g/mol. The van der Waals surface area contributed by atoms with Crippen molar-refractivity contribution < 1.29 is 4.79 Å². The molecule has 0 bridgehead atoms. The Balaban J connectivity index is 1.77. The molecule has 2 aromatic carbocycles. The molecule has 1 N–H and O–H groups in total. The minimum absolute atomic E-state index is 0.139. The van der Waals surface area contributed by atoms with Gasteiger partial charge in [0.25, 0.3) is 0 Å². The zero-order chi connectivity index (χ0) is 15.0. The van der Waals surface area contributed by atoms with Gasteiger partial charge in [-0.2, -0.15) is 0 Å². The fourth-order valence-electron chi connectivity index (χ4n) is 2.67. The van der Waals surface area contributed by atoms with Crippen molar-refractivity contribution in [2.24, 2.45) is 5.92 Å². The van der Waals surface area contributed by atoms with Gasteiger partial charge in [-0.25, -0.2) is 0 Å². The number of carbonyl (C=O) groups is 1. The maximum absolute atomic E-state index is 12.4. The number of benzene rings is 2. The van der Waals surface area contributed by atoms with Crippen LogP contribution in [-0.2, 0) is 4.79 Å². The first-order chi connectivity index (χ1) is 10.00. The second-order valence-electron chi connectivity index (χ2n) is 5.40. The van der Waals surface area contributed by atoms with Gasteiger partial charge in [0.05, 0.1) is 5.92 Å². The summed E-state index contributed by atoms with van der Waals surface area (Å²) in [6, 6.07) is 17.3. The average molecular weight is 320 g/mol. The smallest absolute Gasteiger partial charge is 0.231 e. The Morgan fingerprint density at radius 3 is 2.48 bits per heavy atom. The zero-order valence-corrected chi connectivity index (χ0v) is 13.0. The monoisotopic (exact) mass is 319 g/mol. The number of halogens is 2. The topological polar surface area (TPSA) is 29.1 Å². The molecule has 2 aromatic rings. The molecule has 3 rings (SSSR count). The maximum Gasteiger partial charge on any atom is 0.231 e. The summed E-state index contributed by atoms with van der Waals surface area (Å²) in [5.74, 6) is -0.727. The Kier molecular flexibility index (Phi) is 3.68. The van der Waals surface area contributed by atoms with E-state index in [-0.39, 0.29) is 11.8 Å². The number of carbonyl (C=O) groups excluding carboxylic acids is 1. The Hall–Kier alpha value is -1.51. The summed E-state index contributed by atoms with van der Waals surface area (Å²) in [5, 5.41) is 2.89. The van der Waals surface area contributed by atoms with Crippen molar-refractivity contribution in [1.82, 2.24) is 0 Å². The lowest BCUT2D eigenvalue weighted by atomic mass is 10.1. The lowest BCUT2D eigenvalue weighted by Gasteiger charge is -2.05. The first kappa shape index (κ1) is 14.4. The fourth-order valence-corrected chi connectivity index (χ4v) is 3.50. The van der Waals surface area contributed by atoms with Crippen LogP contribution in [0.2, 0.25) is 0 Å². The lowest BCUT2D eigenvalue weighted by molar-refractivity contribution is -0.117. The summed E-state index contributed by atoms with van der Waals surface area (Å²) in [6.45, 7) is 1.98. The van der Waals surface area contributed by atoms with Crippen LogP contribution in [0.25, 0.3) is 0 Å². The number of rotatable bonds is 3. The van der Waals surface area contributed by atoms with Crippen molar-refractivity contribution in [2.45, 2.75) is 17.2 Å². The van der Waals surface area contributed by atoms with E-state index in [2.05, 4.69) is 5.32 Å². The third kappa shape index (κ3) is 2.78. The van der Waals surface area contributed by atoms with E-state index in [0.717, 1.165) is 16.8 Å². The highest BCUT2D eigenvalue weighted by Crippen LogP contribution is 2.65. The van der Waals surface area contributed by atoms with Gasteiger partial charge in [0.1, 0.15) is 4.33 Å². The molecule has 1 saturated carbocycles. The van der Waals surface area contributed by atoms with E-state index >= 15 is 0 Å². The molecule has 108 valence electrons. The highest BCUT2D eigenvalue weighted by atomic mass is 35.5. The fraction of sp³-hybridized carbons (Fsp3) is 0.235. The summed E-state index contributed by atoms with van der Waals surface area (Å²) in [7, 11) is 0. The van der Waals surface area contributed by atoms with Crippen LogP contribution >= 0.6 is 23.2 Å². The minimum Gasteiger partial charge on any atom is -0.326 e. The Labute approximate surface area is 134 Å². The molecule has 0 aliphatic heterocycles. The van der Waals surface area contributed by atoms with Gasteiger partial charge in [0.15, 0.2) is 0 Å². The van der Waals surface area contributed by atoms with Crippen molar-refractivity contribution >= 4 is 34.8 Å². The summed E-state index contributed by atoms with van der Waals surface area (Å²) in [6.07, 6.45) is 0. The van der Waals surface area contributed by atoms with Crippen LogP contribution in [0.1, 0.15) is 17.0 Å². The van der Waals surface area contributed by atoms with Crippen molar-refractivity contribution in [3.05, 3.63) is 65.7 Å². The van der Waals surface area contributed by atoms with Gasteiger partial charge < -0.3 is 5.32 Å². The van der Waals surface area contributed by atoms with Gasteiger partial charge in [-0.1, -0.05) is 42.5 Å². The maximum atomic E-state index is 12.4. The SMILES string of the molecule is Cc1cccc(NC(=O)[C@@H]2[C@H](c3ccccc3)C2(Cl)Cl)c1. The van der Waals surface area contributed by atoms with Crippen molar-refractivity contribution in [1.29, 1.82) is 0 Å². The second-order valence-corrected chi connectivity index (χ2v) is 6.84. The highest BCUT2D eigenvalue weighted by Gasteiger charge is 2.67. The summed E-state index contributed by atoms with van der Waals surface area (Å²) >= 11 is 12.6. The molecule has 2 nitrogen and oxygen atoms in total. The van der Waals surface area contributed by atoms with Crippen LogP contribution in [0.3, 0.4) is 0 Å². The van der Waals surface area contributed by atoms with Crippen LogP contribution < -0.4 is 5.32 Å². The molecule has 0 radical (unpaired) electrons. The van der Waals surface area contributed by atoms with E-state index in [4.69, 9.17) is 23.2 Å². The van der Waals surface area contributed by atoms with Crippen LogP contribution in [0.4, 0.5) is 5.69 Å². The van der Waals surface area contributed by atoms with Gasteiger partial charge in [-0.05, 0) is 30.2 Å². The molecule has 0 unspecified atom stereocenters. The summed E-state index contributed by atoms with van der Waals surface area (Å²) in [4.78, 5) is 12.4. The Morgan fingerprint density at radius 2 is 1.81 bits per heavy atom. The van der Waals surface area contributed by atoms with Gasteiger partial charge >= 0.3 is 0 Å². The van der Waals surface area contributed by atoms with Crippen molar-refractivity contribution in [3.63, 3.8) is 0 Å². The van der Waals surface area contributed by atoms with Crippen LogP contribution in [0, 0.1) is 12.8 Å². The molecule has 1 aliphatic rings. The van der Waals surface area contributed by atoms with E-state index in [0.29, 0.717) is 0 Å². The zero-order valence-electron chi connectivity index (χ0n) is 11.5. The third-order valence-corrected chi connectivity index (χ3v) is 4.72. The number of amides is 1. The molecule has 0 aromatic heterocycles. The van der Waals surface area contributed by atoms with E-state index < -0.39 is 10.3 Å². The highest BCUT2D eigenvalue weighted by molar-refractivity contribution is 6.53. The van der Waals surface area contributed by atoms with Gasteiger partial charge in [-0.3, -0.25) is 4.79 Å². The number of nitrogens with one attached hydrogen (secondary N) is 1. The molecule has 0 saturated heterocycles. The van der Waals surface area contributed by atoms with Crippen LogP contribution in [0.15, 0.2) is 54.6 Å². The molecular formula is C17H15Cl2NO. The van der Waals surface area contributed by atoms with Crippen LogP contribution in [0.5, 0.6) is 0 Å². The van der Waals surface area contributed by atoms with Gasteiger partial charge in [-0.15, -0.1) is 23.2 Å². The molecule has 4 heteroatoms. The number of anilines is 1. The molecule has 0 spiro atoms. The number of alkyl halides is 2. The predicted octanol–water partition coefficient (Wildman–Crippen LogP) is 4.52. The van der Waals surface area contributed by atoms with Crippen molar-refractivity contribution in [2.75, 3.05) is 5.32 Å². The Morgan fingerprint density at radius 1 is 1.10 bits per heavy atom. The second kappa shape index (κ2) is 5.36. The molecule has 0 heterocycles. The van der Waals surface area contributed by atoms with Crippen molar-refractivity contribution in [3.8, 4) is 0 Å². The third-order valence-electron chi connectivity index (χ3n) is 3.78. The largest absolute Gasteiger partial charge is 0.326 e. The first-order valence-electron chi connectivity index (χ1n) is 6.80. The van der Waals surface area contributed by atoms with Gasteiger partial charge in [0, 0.05) is 11.6 Å². The summed E-state index contributed by atoms with van der Waals surface area (Å²) < 4.78 is -1.03. The number of aryl methyl sites for hydroxylation is 1. The normalized spacial score (nSPS) is 22.6. The average Bonchev–Trinajstić information content (AvgIpc) is 3.03. The van der Waals surface area contributed by atoms with Crippen LogP contribution in [-0.4, -0.2) is 10.2 Å². The predicted molar refractivity (Wildman–Crippen MR) is 86.9 cm³/mol. The minimum atomic E-state index is -1.03. The standard InChI is InChI=1S/C17H15Cl2NO/c1-11-6-5-9-13(10-11)20-16(21)15-14(17(15,18)19)12-7-3-2-4-8-12/h2-10,14-15H,1H3,(H,20,21)/t14-,15-/m0/s1.